The van der Waals surface area contributed by atoms with Crippen LogP contribution in [0.2, 0.25) is 5.02 Å². The number of para-hydroxylation sites is 1. The van der Waals surface area contributed by atoms with Crippen LogP contribution in [0.3, 0.4) is 0 Å². The maximum Gasteiger partial charge on any atom is 0.126 e. The molecule has 2 nitrogen and oxygen atoms in total. The summed E-state index contributed by atoms with van der Waals surface area (Å²) in [6.07, 6.45) is 2.41. The molecule has 2 aromatic carbocycles. The van der Waals surface area contributed by atoms with Gasteiger partial charge in [0.25, 0.3) is 0 Å². The number of halogens is 1. The van der Waals surface area contributed by atoms with Crippen molar-refractivity contribution in [2.45, 2.75) is 26.3 Å². The molecule has 0 bridgehead atoms. The lowest BCUT2D eigenvalue weighted by molar-refractivity contribution is 0.416. The van der Waals surface area contributed by atoms with Gasteiger partial charge in [0.15, 0.2) is 0 Å². The Hall–Kier alpha value is -1.51. The number of methoxy groups -OCH3 is 1. The van der Waals surface area contributed by atoms with Gasteiger partial charge in [0.2, 0.25) is 0 Å². The average molecular weight is 304 g/mol. The fourth-order valence-electron chi connectivity index (χ4n) is 2.29. The third kappa shape index (κ3) is 4.23. The van der Waals surface area contributed by atoms with Crippen LogP contribution in [-0.2, 0) is 6.54 Å². The zero-order valence-electron chi connectivity index (χ0n) is 12.7. The van der Waals surface area contributed by atoms with Gasteiger partial charge in [-0.1, -0.05) is 49.2 Å². The van der Waals surface area contributed by atoms with Crippen molar-refractivity contribution in [1.29, 1.82) is 0 Å². The van der Waals surface area contributed by atoms with E-state index in [0.29, 0.717) is 0 Å². The van der Waals surface area contributed by atoms with Crippen LogP contribution in [0.4, 0.5) is 0 Å². The molecule has 1 N–H and O–H groups in total. The Morgan fingerprint density at radius 1 is 1.10 bits per heavy atom. The summed E-state index contributed by atoms with van der Waals surface area (Å²) in [5.74, 6) is 0.843. The van der Waals surface area contributed by atoms with E-state index in [4.69, 9.17) is 16.3 Å². The molecule has 21 heavy (non-hydrogen) atoms. The molecule has 0 amide bonds. The van der Waals surface area contributed by atoms with Gasteiger partial charge in [0.1, 0.15) is 5.75 Å². The molecule has 0 fully saturated rings. The van der Waals surface area contributed by atoms with E-state index in [2.05, 4.69) is 24.4 Å². The van der Waals surface area contributed by atoms with Gasteiger partial charge in [-0.3, -0.25) is 0 Å². The van der Waals surface area contributed by atoms with Gasteiger partial charge in [0.05, 0.1) is 7.11 Å². The number of hydrogen-bond donors (Lipinski definition) is 1. The minimum Gasteiger partial charge on any atom is -0.496 e. The summed E-state index contributed by atoms with van der Waals surface area (Å²) in [6.45, 7) is 4.10. The highest BCUT2D eigenvalue weighted by atomic mass is 35.5. The molecule has 2 aromatic rings. The van der Waals surface area contributed by atoms with Gasteiger partial charge in [-0.25, -0.2) is 0 Å². The second kappa shape index (κ2) is 8.06. The zero-order chi connectivity index (χ0) is 15.1. The van der Waals surface area contributed by atoms with Gasteiger partial charge in [0, 0.05) is 22.7 Å². The number of hydrogen-bond acceptors (Lipinski definition) is 2. The Morgan fingerprint density at radius 2 is 1.90 bits per heavy atom. The Labute approximate surface area is 132 Å². The quantitative estimate of drug-likeness (QED) is 0.734. The van der Waals surface area contributed by atoms with Crippen molar-refractivity contribution in [2.24, 2.45) is 0 Å². The molecule has 0 atom stereocenters. The second-order valence-corrected chi connectivity index (χ2v) is 5.45. The van der Waals surface area contributed by atoms with Crippen molar-refractivity contribution in [2.75, 3.05) is 13.7 Å². The van der Waals surface area contributed by atoms with Crippen LogP contribution >= 0.6 is 11.6 Å². The van der Waals surface area contributed by atoms with Crippen LogP contribution in [0, 0.1) is 0 Å². The topological polar surface area (TPSA) is 21.3 Å². The van der Waals surface area contributed by atoms with Crippen molar-refractivity contribution in [1.82, 2.24) is 5.32 Å². The van der Waals surface area contributed by atoms with E-state index < -0.39 is 0 Å². The Bertz CT molecular complexity index is 583. The SMILES string of the molecule is CCCCNCc1ccc(Cl)c(-c2ccccc2OC)c1. The van der Waals surface area contributed by atoms with Gasteiger partial charge >= 0.3 is 0 Å². The van der Waals surface area contributed by atoms with Crippen molar-refractivity contribution in [3.8, 4) is 16.9 Å². The minimum absolute atomic E-state index is 0.747. The maximum atomic E-state index is 6.37. The highest BCUT2D eigenvalue weighted by molar-refractivity contribution is 6.33. The van der Waals surface area contributed by atoms with Crippen LogP contribution < -0.4 is 10.1 Å². The molecule has 2 rings (SSSR count). The summed E-state index contributed by atoms with van der Waals surface area (Å²) < 4.78 is 5.43. The van der Waals surface area contributed by atoms with E-state index in [1.54, 1.807) is 7.11 Å². The molecule has 0 saturated carbocycles. The molecule has 0 radical (unpaired) electrons. The van der Waals surface area contributed by atoms with Crippen LogP contribution in [0.5, 0.6) is 5.75 Å². The first kappa shape index (κ1) is 15.9. The standard InChI is InChI=1S/C18H22ClNO/c1-3-4-11-20-13-14-9-10-17(19)16(12-14)15-7-5-6-8-18(15)21-2/h5-10,12,20H,3-4,11,13H2,1-2H3. The summed E-state index contributed by atoms with van der Waals surface area (Å²) in [4.78, 5) is 0. The molecule has 0 aliphatic rings. The van der Waals surface area contributed by atoms with Gasteiger partial charge < -0.3 is 10.1 Å². The normalized spacial score (nSPS) is 10.6. The molecule has 0 aliphatic carbocycles. The first-order valence-corrected chi connectivity index (χ1v) is 7.76. The number of nitrogens with one attached hydrogen (secondary N) is 1. The third-order valence-corrected chi connectivity index (χ3v) is 3.79. The van der Waals surface area contributed by atoms with Gasteiger partial charge in [-0.05, 0) is 36.7 Å². The van der Waals surface area contributed by atoms with E-state index in [-0.39, 0.29) is 0 Å². The Balaban J connectivity index is 2.23. The molecule has 0 heterocycles. The lowest BCUT2D eigenvalue weighted by Crippen LogP contribution is -2.14. The van der Waals surface area contributed by atoms with Crippen LogP contribution in [0.1, 0.15) is 25.3 Å². The monoisotopic (exact) mass is 303 g/mol. The van der Waals surface area contributed by atoms with E-state index in [9.17, 15) is 0 Å². The van der Waals surface area contributed by atoms with E-state index in [0.717, 1.165) is 35.0 Å². The number of rotatable bonds is 7. The number of ether oxygens (including phenoxy) is 1. The smallest absolute Gasteiger partial charge is 0.126 e. The summed E-state index contributed by atoms with van der Waals surface area (Å²) in [6, 6.07) is 14.1. The molecule has 112 valence electrons. The maximum absolute atomic E-state index is 6.37. The molecule has 0 unspecified atom stereocenters. The van der Waals surface area contributed by atoms with Crippen molar-refractivity contribution in [3.63, 3.8) is 0 Å². The van der Waals surface area contributed by atoms with E-state index in [1.807, 2.05) is 30.3 Å². The van der Waals surface area contributed by atoms with Crippen molar-refractivity contribution >= 4 is 11.6 Å². The first-order valence-electron chi connectivity index (χ1n) is 7.38. The number of benzene rings is 2. The largest absolute Gasteiger partial charge is 0.496 e. The number of unbranched alkanes of at least 4 members (excludes halogenated alkanes) is 1. The predicted molar refractivity (Wildman–Crippen MR) is 90.1 cm³/mol. The minimum atomic E-state index is 0.747. The van der Waals surface area contributed by atoms with Gasteiger partial charge in [-0.2, -0.15) is 0 Å². The summed E-state index contributed by atoms with van der Waals surface area (Å²) in [5, 5.41) is 4.20. The van der Waals surface area contributed by atoms with E-state index >= 15 is 0 Å². The zero-order valence-corrected chi connectivity index (χ0v) is 13.4. The highest BCUT2D eigenvalue weighted by Gasteiger charge is 2.09. The van der Waals surface area contributed by atoms with Crippen LogP contribution in [-0.4, -0.2) is 13.7 Å². The lowest BCUT2D eigenvalue weighted by atomic mass is 10.0. The second-order valence-electron chi connectivity index (χ2n) is 5.04. The van der Waals surface area contributed by atoms with Crippen molar-refractivity contribution in [3.05, 3.63) is 53.1 Å². The summed E-state index contributed by atoms with van der Waals surface area (Å²) in [7, 11) is 1.68. The molecule has 0 saturated heterocycles. The van der Waals surface area contributed by atoms with Crippen LogP contribution in [0.15, 0.2) is 42.5 Å². The molecular formula is C18H22ClNO. The molecule has 0 aromatic heterocycles. The highest BCUT2D eigenvalue weighted by Crippen LogP contribution is 2.35. The predicted octanol–water partition coefficient (Wildman–Crippen LogP) is 4.91. The van der Waals surface area contributed by atoms with Crippen LogP contribution in [0.25, 0.3) is 11.1 Å². The average Bonchev–Trinajstić information content (AvgIpc) is 2.53. The third-order valence-electron chi connectivity index (χ3n) is 3.46. The van der Waals surface area contributed by atoms with Gasteiger partial charge in [-0.15, -0.1) is 0 Å². The first-order chi connectivity index (χ1) is 10.3. The fraction of sp³-hybridized carbons (Fsp3) is 0.333. The molecule has 0 aliphatic heterocycles. The van der Waals surface area contributed by atoms with Crippen molar-refractivity contribution < 1.29 is 4.74 Å². The summed E-state index contributed by atoms with van der Waals surface area (Å²) >= 11 is 6.37. The Kier molecular flexibility index (Phi) is 6.09. The fourth-order valence-corrected chi connectivity index (χ4v) is 2.51. The Morgan fingerprint density at radius 3 is 2.67 bits per heavy atom. The van der Waals surface area contributed by atoms with E-state index in [1.165, 1.54) is 18.4 Å². The summed E-state index contributed by atoms with van der Waals surface area (Å²) in [5.41, 5.74) is 3.28. The molecule has 3 heteroatoms. The molecular weight excluding hydrogens is 282 g/mol. The molecule has 0 spiro atoms. The lowest BCUT2D eigenvalue weighted by Gasteiger charge is -2.12.